The summed E-state index contributed by atoms with van der Waals surface area (Å²) in [4.78, 5) is 2.40. The molecule has 3 heteroatoms. The van der Waals surface area contributed by atoms with E-state index in [0.29, 0.717) is 0 Å². The van der Waals surface area contributed by atoms with Crippen molar-refractivity contribution in [3.63, 3.8) is 0 Å². The molecular formula is C13H19BrN2. The maximum absolute atomic E-state index is 3.63. The van der Waals surface area contributed by atoms with Gasteiger partial charge in [-0.3, -0.25) is 0 Å². The second-order valence-electron chi connectivity index (χ2n) is 4.79. The minimum absolute atomic E-state index is 0.249. The Labute approximate surface area is 106 Å². The largest absolute Gasteiger partial charge is 0.313 e. The highest BCUT2D eigenvalue weighted by molar-refractivity contribution is 9.10. The van der Waals surface area contributed by atoms with E-state index >= 15 is 0 Å². The smallest absolute Gasteiger partial charge is 0.0359 e. The lowest BCUT2D eigenvalue weighted by atomic mass is 9.90. The molecule has 1 heterocycles. The fraction of sp³-hybridized carbons (Fsp3) is 0.538. The zero-order valence-electron chi connectivity index (χ0n) is 9.96. The lowest BCUT2D eigenvalue weighted by molar-refractivity contribution is 0.326. The van der Waals surface area contributed by atoms with E-state index < -0.39 is 0 Å². The van der Waals surface area contributed by atoms with Gasteiger partial charge in [0.1, 0.15) is 0 Å². The highest BCUT2D eigenvalue weighted by atomic mass is 79.9. The SMILES string of the molecule is CNC1(Cc2ccccc2Br)CCN(C)C1. The van der Waals surface area contributed by atoms with Gasteiger partial charge < -0.3 is 10.2 Å². The molecule has 2 nitrogen and oxygen atoms in total. The molecule has 2 rings (SSSR count). The summed E-state index contributed by atoms with van der Waals surface area (Å²) in [5.41, 5.74) is 1.64. The Morgan fingerprint density at radius 3 is 2.75 bits per heavy atom. The topological polar surface area (TPSA) is 15.3 Å². The molecule has 0 radical (unpaired) electrons. The molecule has 1 fully saturated rings. The van der Waals surface area contributed by atoms with E-state index in [1.165, 1.54) is 23.0 Å². The molecule has 1 aliphatic heterocycles. The second kappa shape index (κ2) is 4.86. The standard InChI is InChI=1S/C13H19BrN2/c1-15-13(7-8-16(2)10-13)9-11-5-3-4-6-12(11)14/h3-6,15H,7-10H2,1-2H3. The molecule has 1 aromatic carbocycles. The number of rotatable bonds is 3. The Kier molecular flexibility index (Phi) is 3.67. The molecule has 1 unspecified atom stereocenters. The molecule has 0 bridgehead atoms. The van der Waals surface area contributed by atoms with Crippen LogP contribution in [0.1, 0.15) is 12.0 Å². The van der Waals surface area contributed by atoms with E-state index in [2.05, 4.69) is 64.5 Å². The van der Waals surface area contributed by atoms with Crippen molar-refractivity contribution >= 4 is 15.9 Å². The first-order valence-corrected chi connectivity index (χ1v) is 6.55. The summed E-state index contributed by atoms with van der Waals surface area (Å²) >= 11 is 3.63. The molecule has 16 heavy (non-hydrogen) atoms. The van der Waals surface area contributed by atoms with Gasteiger partial charge in [0.25, 0.3) is 0 Å². The number of benzene rings is 1. The van der Waals surface area contributed by atoms with Gasteiger partial charge in [-0.1, -0.05) is 34.1 Å². The van der Waals surface area contributed by atoms with Crippen molar-refractivity contribution in [1.29, 1.82) is 0 Å². The molecule has 1 N–H and O–H groups in total. The Balaban J connectivity index is 2.16. The van der Waals surface area contributed by atoms with Gasteiger partial charge in [-0.2, -0.15) is 0 Å². The van der Waals surface area contributed by atoms with Gasteiger partial charge in [-0.25, -0.2) is 0 Å². The number of likely N-dealkylation sites (N-methyl/N-ethyl adjacent to an activating group) is 2. The van der Waals surface area contributed by atoms with Crippen molar-refractivity contribution in [2.45, 2.75) is 18.4 Å². The van der Waals surface area contributed by atoms with Gasteiger partial charge in [0.05, 0.1) is 0 Å². The first-order valence-electron chi connectivity index (χ1n) is 5.76. The monoisotopic (exact) mass is 282 g/mol. The van der Waals surface area contributed by atoms with Crippen LogP contribution in [0, 0.1) is 0 Å². The number of nitrogens with zero attached hydrogens (tertiary/aromatic N) is 1. The highest BCUT2D eigenvalue weighted by Gasteiger charge is 2.35. The quantitative estimate of drug-likeness (QED) is 0.915. The number of nitrogens with one attached hydrogen (secondary N) is 1. The minimum atomic E-state index is 0.249. The van der Waals surface area contributed by atoms with Crippen molar-refractivity contribution in [2.75, 3.05) is 27.2 Å². The van der Waals surface area contributed by atoms with Crippen LogP contribution in [0.2, 0.25) is 0 Å². The van der Waals surface area contributed by atoms with Crippen LogP contribution in [0.25, 0.3) is 0 Å². The van der Waals surface area contributed by atoms with Gasteiger partial charge in [-0.15, -0.1) is 0 Å². The fourth-order valence-corrected chi connectivity index (χ4v) is 2.95. The predicted molar refractivity (Wildman–Crippen MR) is 71.8 cm³/mol. The molecule has 0 amide bonds. The Bertz CT molecular complexity index is 367. The lowest BCUT2D eigenvalue weighted by Crippen LogP contribution is -2.47. The third-order valence-electron chi connectivity index (χ3n) is 3.56. The maximum Gasteiger partial charge on any atom is 0.0359 e. The molecule has 0 aromatic heterocycles. The predicted octanol–water partition coefficient (Wildman–Crippen LogP) is 2.29. The highest BCUT2D eigenvalue weighted by Crippen LogP contribution is 2.27. The lowest BCUT2D eigenvalue weighted by Gasteiger charge is -2.29. The summed E-state index contributed by atoms with van der Waals surface area (Å²) in [7, 11) is 4.27. The molecule has 0 saturated carbocycles. The van der Waals surface area contributed by atoms with Gasteiger partial charge in [0, 0.05) is 16.6 Å². The minimum Gasteiger partial charge on any atom is -0.313 e. The van der Waals surface area contributed by atoms with E-state index in [1.807, 2.05) is 0 Å². The van der Waals surface area contributed by atoms with Gasteiger partial charge in [0.15, 0.2) is 0 Å². The van der Waals surface area contributed by atoms with Gasteiger partial charge >= 0.3 is 0 Å². The molecule has 1 aromatic rings. The Morgan fingerprint density at radius 2 is 2.19 bits per heavy atom. The van der Waals surface area contributed by atoms with Crippen LogP contribution in [-0.4, -0.2) is 37.6 Å². The van der Waals surface area contributed by atoms with Crippen LogP contribution in [-0.2, 0) is 6.42 Å². The summed E-state index contributed by atoms with van der Waals surface area (Å²) in [5, 5.41) is 3.52. The number of halogens is 1. The van der Waals surface area contributed by atoms with Crippen molar-refractivity contribution in [3.05, 3.63) is 34.3 Å². The normalized spacial score (nSPS) is 26.2. The van der Waals surface area contributed by atoms with Crippen molar-refractivity contribution in [2.24, 2.45) is 0 Å². The summed E-state index contributed by atoms with van der Waals surface area (Å²) in [6, 6.07) is 8.52. The van der Waals surface area contributed by atoms with Gasteiger partial charge in [-0.05, 0) is 45.1 Å². The second-order valence-corrected chi connectivity index (χ2v) is 5.64. The van der Waals surface area contributed by atoms with Crippen molar-refractivity contribution < 1.29 is 0 Å². The molecule has 88 valence electrons. The van der Waals surface area contributed by atoms with E-state index in [1.54, 1.807) is 0 Å². The molecule has 0 spiro atoms. The van der Waals surface area contributed by atoms with Gasteiger partial charge in [0.2, 0.25) is 0 Å². The third kappa shape index (κ3) is 2.47. The van der Waals surface area contributed by atoms with E-state index in [-0.39, 0.29) is 5.54 Å². The summed E-state index contributed by atoms with van der Waals surface area (Å²) in [5.74, 6) is 0. The van der Waals surface area contributed by atoms with E-state index in [0.717, 1.165) is 13.0 Å². The van der Waals surface area contributed by atoms with Crippen LogP contribution < -0.4 is 5.32 Å². The van der Waals surface area contributed by atoms with Crippen molar-refractivity contribution in [1.82, 2.24) is 10.2 Å². The van der Waals surface area contributed by atoms with Crippen LogP contribution >= 0.6 is 15.9 Å². The average molecular weight is 283 g/mol. The Hall–Kier alpha value is -0.380. The van der Waals surface area contributed by atoms with Crippen LogP contribution in [0.15, 0.2) is 28.7 Å². The number of hydrogen-bond acceptors (Lipinski definition) is 2. The van der Waals surface area contributed by atoms with E-state index in [4.69, 9.17) is 0 Å². The summed E-state index contributed by atoms with van der Waals surface area (Å²) in [6.07, 6.45) is 2.32. The molecule has 1 atom stereocenters. The Morgan fingerprint density at radius 1 is 1.44 bits per heavy atom. The third-order valence-corrected chi connectivity index (χ3v) is 4.34. The van der Waals surface area contributed by atoms with E-state index in [9.17, 15) is 0 Å². The number of likely N-dealkylation sites (tertiary alicyclic amines) is 1. The zero-order chi connectivity index (χ0) is 11.6. The number of hydrogen-bond donors (Lipinski definition) is 1. The van der Waals surface area contributed by atoms with Crippen LogP contribution in [0.4, 0.5) is 0 Å². The first-order chi connectivity index (χ1) is 7.65. The zero-order valence-corrected chi connectivity index (χ0v) is 11.5. The van der Waals surface area contributed by atoms with Crippen LogP contribution in [0.5, 0.6) is 0 Å². The van der Waals surface area contributed by atoms with Crippen LogP contribution in [0.3, 0.4) is 0 Å². The molecule has 0 aliphatic carbocycles. The summed E-state index contributed by atoms with van der Waals surface area (Å²) < 4.78 is 1.22. The first kappa shape index (κ1) is 12.1. The molecule has 1 aliphatic rings. The molecular weight excluding hydrogens is 264 g/mol. The summed E-state index contributed by atoms with van der Waals surface area (Å²) in [6.45, 7) is 2.32. The average Bonchev–Trinajstić information content (AvgIpc) is 2.65. The van der Waals surface area contributed by atoms with Crippen molar-refractivity contribution in [3.8, 4) is 0 Å². The maximum atomic E-state index is 3.63. The molecule has 1 saturated heterocycles. The fourth-order valence-electron chi connectivity index (χ4n) is 2.52.